The third-order valence-corrected chi connectivity index (χ3v) is 4.95. The van der Waals surface area contributed by atoms with Gasteiger partial charge in [-0.25, -0.2) is 9.67 Å². The van der Waals surface area contributed by atoms with Gasteiger partial charge >= 0.3 is 0 Å². The van der Waals surface area contributed by atoms with Crippen LogP contribution in [-0.2, 0) is 6.54 Å². The maximum absolute atomic E-state index is 12.5. The highest BCUT2D eigenvalue weighted by Crippen LogP contribution is 2.26. The summed E-state index contributed by atoms with van der Waals surface area (Å²) in [4.78, 5) is 16.9. The summed E-state index contributed by atoms with van der Waals surface area (Å²) in [6.45, 7) is 2.25. The number of ether oxygens (including phenoxy) is 2. The predicted molar refractivity (Wildman–Crippen MR) is 105 cm³/mol. The maximum Gasteiger partial charge on any atom is 0.253 e. The Kier molecular flexibility index (Phi) is 5.12. The number of nitrogens with zero attached hydrogens (tertiary/aromatic N) is 3. The SMILES string of the molecule is COc1ccc(Cn2ncc3cc(C(=O)NC4CCNC4)cnc32)c(OC)c1. The highest BCUT2D eigenvalue weighted by atomic mass is 16.5. The molecule has 0 bridgehead atoms. The van der Waals surface area contributed by atoms with E-state index in [1.54, 1.807) is 31.3 Å². The Hall–Kier alpha value is -3.13. The van der Waals surface area contributed by atoms with Crippen LogP contribution in [0.4, 0.5) is 0 Å². The topological polar surface area (TPSA) is 90.3 Å². The first-order chi connectivity index (χ1) is 13.7. The lowest BCUT2D eigenvalue weighted by Gasteiger charge is -2.12. The Bertz CT molecular complexity index is 995. The molecule has 3 aromatic rings. The fourth-order valence-electron chi connectivity index (χ4n) is 3.40. The molecule has 146 valence electrons. The zero-order valence-electron chi connectivity index (χ0n) is 15.9. The van der Waals surface area contributed by atoms with Crippen molar-refractivity contribution >= 4 is 16.9 Å². The van der Waals surface area contributed by atoms with Crippen molar-refractivity contribution in [2.75, 3.05) is 27.3 Å². The molecule has 1 aromatic carbocycles. The quantitative estimate of drug-likeness (QED) is 0.674. The number of fused-ring (bicyclic) bond motifs is 1. The van der Waals surface area contributed by atoms with Gasteiger partial charge in [0.25, 0.3) is 5.91 Å². The van der Waals surface area contributed by atoms with Gasteiger partial charge in [-0.15, -0.1) is 0 Å². The number of hydrogen-bond donors (Lipinski definition) is 2. The van der Waals surface area contributed by atoms with Gasteiger partial charge < -0.3 is 20.1 Å². The van der Waals surface area contributed by atoms with Gasteiger partial charge in [0.05, 0.1) is 32.5 Å². The number of nitrogens with one attached hydrogen (secondary N) is 2. The summed E-state index contributed by atoms with van der Waals surface area (Å²) in [7, 11) is 3.25. The van der Waals surface area contributed by atoms with Crippen molar-refractivity contribution in [3.8, 4) is 11.5 Å². The Morgan fingerprint density at radius 2 is 2.18 bits per heavy atom. The minimum absolute atomic E-state index is 0.104. The van der Waals surface area contributed by atoms with Crippen LogP contribution in [0.3, 0.4) is 0 Å². The molecule has 0 spiro atoms. The lowest BCUT2D eigenvalue weighted by molar-refractivity contribution is 0.0940. The number of benzene rings is 1. The van der Waals surface area contributed by atoms with Crippen LogP contribution >= 0.6 is 0 Å². The number of rotatable bonds is 6. The van der Waals surface area contributed by atoms with E-state index < -0.39 is 0 Å². The molecule has 1 atom stereocenters. The molecule has 2 N–H and O–H groups in total. The van der Waals surface area contributed by atoms with Crippen LogP contribution in [0.2, 0.25) is 0 Å². The molecule has 8 heteroatoms. The zero-order chi connectivity index (χ0) is 19.5. The first-order valence-corrected chi connectivity index (χ1v) is 9.22. The summed E-state index contributed by atoms with van der Waals surface area (Å²) >= 11 is 0. The van der Waals surface area contributed by atoms with Gasteiger partial charge in [0, 0.05) is 35.8 Å². The molecule has 28 heavy (non-hydrogen) atoms. The van der Waals surface area contributed by atoms with Crippen LogP contribution in [0.25, 0.3) is 11.0 Å². The van der Waals surface area contributed by atoms with E-state index in [0.717, 1.165) is 47.6 Å². The average Bonchev–Trinajstić information content (AvgIpc) is 3.38. The number of carbonyl (C=O) groups excluding carboxylic acids is 1. The van der Waals surface area contributed by atoms with Gasteiger partial charge in [0.2, 0.25) is 0 Å². The van der Waals surface area contributed by atoms with Crippen molar-refractivity contribution in [3.05, 3.63) is 47.8 Å². The predicted octanol–water partition coefficient (Wildman–Crippen LogP) is 1.59. The Morgan fingerprint density at radius 1 is 1.29 bits per heavy atom. The lowest BCUT2D eigenvalue weighted by atomic mass is 10.2. The molecule has 3 heterocycles. The van der Waals surface area contributed by atoms with Crippen LogP contribution < -0.4 is 20.1 Å². The van der Waals surface area contributed by atoms with E-state index >= 15 is 0 Å². The first kappa shape index (κ1) is 18.2. The fourth-order valence-corrected chi connectivity index (χ4v) is 3.40. The molecule has 1 saturated heterocycles. The summed E-state index contributed by atoms with van der Waals surface area (Å²) in [6, 6.07) is 7.68. The third kappa shape index (κ3) is 3.63. The molecular formula is C20H23N5O3. The van der Waals surface area contributed by atoms with Crippen LogP contribution in [0.5, 0.6) is 11.5 Å². The molecule has 0 radical (unpaired) electrons. The van der Waals surface area contributed by atoms with Crippen LogP contribution in [0.15, 0.2) is 36.7 Å². The largest absolute Gasteiger partial charge is 0.497 e. The molecule has 4 rings (SSSR count). The third-order valence-electron chi connectivity index (χ3n) is 4.95. The van der Waals surface area contributed by atoms with Crippen molar-refractivity contribution in [1.82, 2.24) is 25.4 Å². The molecule has 0 aliphatic carbocycles. The highest BCUT2D eigenvalue weighted by molar-refractivity contribution is 5.97. The van der Waals surface area contributed by atoms with Gasteiger partial charge in [-0.3, -0.25) is 4.79 Å². The van der Waals surface area contributed by atoms with E-state index in [1.165, 1.54) is 0 Å². The summed E-state index contributed by atoms with van der Waals surface area (Å²) in [5, 5.41) is 11.5. The fraction of sp³-hybridized carbons (Fsp3) is 0.350. The van der Waals surface area contributed by atoms with Crippen molar-refractivity contribution in [2.45, 2.75) is 19.0 Å². The average molecular weight is 381 g/mol. The monoisotopic (exact) mass is 381 g/mol. The molecule has 1 unspecified atom stereocenters. The minimum Gasteiger partial charge on any atom is -0.497 e. The van der Waals surface area contributed by atoms with E-state index in [1.807, 2.05) is 24.3 Å². The number of hydrogen-bond acceptors (Lipinski definition) is 6. The second-order valence-electron chi connectivity index (χ2n) is 6.78. The smallest absolute Gasteiger partial charge is 0.253 e. The highest BCUT2D eigenvalue weighted by Gasteiger charge is 2.18. The van der Waals surface area contributed by atoms with Gasteiger partial charge in [-0.2, -0.15) is 5.10 Å². The summed E-state index contributed by atoms with van der Waals surface area (Å²) < 4.78 is 12.5. The van der Waals surface area contributed by atoms with Crippen LogP contribution in [0.1, 0.15) is 22.3 Å². The van der Waals surface area contributed by atoms with Crippen LogP contribution in [-0.4, -0.2) is 54.0 Å². The molecular weight excluding hydrogens is 358 g/mol. The molecule has 0 saturated carbocycles. The summed E-state index contributed by atoms with van der Waals surface area (Å²) in [5.74, 6) is 1.36. The second kappa shape index (κ2) is 7.85. The number of pyridine rings is 1. The number of methoxy groups -OCH3 is 2. The van der Waals surface area contributed by atoms with Crippen molar-refractivity contribution in [1.29, 1.82) is 0 Å². The van der Waals surface area contributed by atoms with E-state index in [-0.39, 0.29) is 11.9 Å². The molecule has 2 aromatic heterocycles. The maximum atomic E-state index is 12.5. The van der Waals surface area contributed by atoms with Gasteiger partial charge in [0.1, 0.15) is 11.5 Å². The minimum atomic E-state index is -0.104. The Morgan fingerprint density at radius 3 is 2.93 bits per heavy atom. The number of aromatic nitrogens is 3. The van der Waals surface area contributed by atoms with Gasteiger partial charge in [-0.05, 0) is 31.2 Å². The summed E-state index contributed by atoms with van der Waals surface area (Å²) in [6.07, 6.45) is 4.28. The van der Waals surface area contributed by atoms with E-state index in [0.29, 0.717) is 12.1 Å². The Balaban J connectivity index is 1.55. The van der Waals surface area contributed by atoms with E-state index in [4.69, 9.17) is 9.47 Å². The standard InChI is InChI=1S/C20H23N5O3/c1-27-17-4-3-13(18(8-17)28-2)12-25-19-14(10-23-25)7-15(9-22-19)20(26)24-16-5-6-21-11-16/h3-4,7-10,16,21H,5-6,11-12H2,1-2H3,(H,24,26). The zero-order valence-corrected chi connectivity index (χ0v) is 15.9. The second-order valence-corrected chi connectivity index (χ2v) is 6.78. The first-order valence-electron chi connectivity index (χ1n) is 9.22. The molecule has 8 nitrogen and oxygen atoms in total. The van der Waals surface area contributed by atoms with Gasteiger partial charge in [0.15, 0.2) is 5.65 Å². The van der Waals surface area contributed by atoms with Crippen LogP contribution in [0, 0.1) is 0 Å². The Labute approximate surface area is 162 Å². The lowest BCUT2D eigenvalue weighted by Crippen LogP contribution is -2.36. The summed E-state index contributed by atoms with van der Waals surface area (Å²) in [5.41, 5.74) is 2.23. The normalized spacial score (nSPS) is 16.3. The van der Waals surface area contributed by atoms with Crippen molar-refractivity contribution in [2.24, 2.45) is 0 Å². The van der Waals surface area contributed by atoms with E-state index in [9.17, 15) is 4.79 Å². The van der Waals surface area contributed by atoms with E-state index in [2.05, 4.69) is 20.7 Å². The molecule has 1 aliphatic rings. The number of amides is 1. The molecule has 1 aliphatic heterocycles. The number of carbonyl (C=O) groups is 1. The molecule has 1 amide bonds. The van der Waals surface area contributed by atoms with Crippen molar-refractivity contribution < 1.29 is 14.3 Å². The van der Waals surface area contributed by atoms with Gasteiger partial charge in [-0.1, -0.05) is 0 Å². The van der Waals surface area contributed by atoms with Crippen molar-refractivity contribution in [3.63, 3.8) is 0 Å². The molecule has 1 fully saturated rings.